The van der Waals surface area contributed by atoms with E-state index in [2.05, 4.69) is 31.8 Å². The Morgan fingerprint density at radius 2 is 2.00 bits per heavy atom. The van der Waals surface area contributed by atoms with Gasteiger partial charge in [-0.25, -0.2) is 0 Å². The number of rotatable bonds is 4. The lowest BCUT2D eigenvalue weighted by Gasteiger charge is -2.18. The molecule has 0 saturated carbocycles. The van der Waals surface area contributed by atoms with E-state index in [-0.39, 0.29) is 0 Å². The molecular formula is C16H21NO. The minimum absolute atomic E-state index is 0.381. The number of hydrogen-bond donors (Lipinski definition) is 0. The van der Waals surface area contributed by atoms with Gasteiger partial charge < -0.3 is 4.74 Å². The molecule has 1 aromatic carbocycles. The Labute approximate surface area is 109 Å². The molecule has 0 aliphatic rings. The zero-order valence-corrected chi connectivity index (χ0v) is 11.4. The first-order chi connectivity index (χ1) is 8.56. The summed E-state index contributed by atoms with van der Waals surface area (Å²) in [5.74, 6) is 0.962. The van der Waals surface area contributed by atoms with E-state index in [0.29, 0.717) is 5.41 Å². The average molecular weight is 243 g/mol. The molecule has 0 amide bonds. The van der Waals surface area contributed by atoms with Crippen molar-refractivity contribution in [3.05, 3.63) is 36.7 Å². The van der Waals surface area contributed by atoms with Crippen LogP contribution in [0.5, 0.6) is 5.75 Å². The van der Waals surface area contributed by atoms with E-state index in [1.807, 2.05) is 30.6 Å². The van der Waals surface area contributed by atoms with Gasteiger partial charge in [0.2, 0.25) is 0 Å². The molecule has 1 aromatic heterocycles. The third-order valence-corrected chi connectivity index (χ3v) is 2.97. The Balaban J connectivity index is 2.00. The fourth-order valence-corrected chi connectivity index (χ4v) is 2.00. The third-order valence-electron chi connectivity index (χ3n) is 2.97. The molecule has 0 N–H and O–H groups in total. The normalized spacial score (nSPS) is 11.7. The maximum Gasteiger partial charge on any atom is 0.127 e. The highest BCUT2D eigenvalue weighted by Crippen LogP contribution is 2.25. The second kappa shape index (κ2) is 5.38. The van der Waals surface area contributed by atoms with Gasteiger partial charge in [-0.05, 0) is 30.4 Å². The van der Waals surface area contributed by atoms with Crippen LogP contribution in [0.4, 0.5) is 0 Å². The van der Waals surface area contributed by atoms with Crippen molar-refractivity contribution in [1.29, 1.82) is 0 Å². The molecule has 2 aromatic rings. The second-order valence-corrected chi connectivity index (χ2v) is 5.87. The van der Waals surface area contributed by atoms with Crippen molar-refractivity contribution in [2.45, 2.75) is 33.6 Å². The zero-order chi connectivity index (χ0) is 13.0. The van der Waals surface area contributed by atoms with Crippen LogP contribution in [0.25, 0.3) is 10.8 Å². The van der Waals surface area contributed by atoms with E-state index >= 15 is 0 Å². The van der Waals surface area contributed by atoms with Crippen LogP contribution in [0.2, 0.25) is 0 Å². The molecule has 2 heteroatoms. The summed E-state index contributed by atoms with van der Waals surface area (Å²) in [5, 5.41) is 2.27. The molecule has 96 valence electrons. The third kappa shape index (κ3) is 3.46. The Bertz CT molecular complexity index is 508. The predicted molar refractivity (Wildman–Crippen MR) is 75.9 cm³/mol. The quantitative estimate of drug-likeness (QED) is 0.741. The summed E-state index contributed by atoms with van der Waals surface area (Å²) in [6, 6.07) is 8.11. The molecule has 0 saturated heterocycles. The van der Waals surface area contributed by atoms with Crippen molar-refractivity contribution in [2.24, 2.45) is 5.41 Å². The molecule has 0 aliphatic heterocycles. The van der Waals surface area contributed by atoms with Crippen molar-refractivity contribution < 1.29 is 4.74 Å². The molecule has 0 atom stereocenters. The minimum atomic E-state index is 0.381. The van der Waals surface area contributed by atoms with E-state index in [0.717, 1.165) is 29.5 Å². The molecular weight excluding hydrogens is 222 g/mol. The number of ether oxygens (including phenoxy) is 1. The number of pyridine rings is 1. The number of benzene rings is 1. The van der Waals surface area contributed by atoms with E-state index in [1.54, 1.807) is 0 Å². The first-order valence-corrected chi connectivity index (χ1v) is 6.52. The number of aromatic nitrogens is 1. The van der Waals surface area contributed by atoms with Crippen LogP contribution in [-0.2, 0) is 0 Å². The van der Waals surface area contributed by atoms with Crippen LogP contribution in [0, 0.1) is 5.41 Å². The van der Waals surface area contributed by atoms with Crippen molar-refractivity contribution in [3.63, 3.8) is 0 Å². The van der Waals surface area contributed by atoms with E-state index in [4.69, 9.17) is 4.74 Å². The average Bonchev–Trinajstić information content (AvgIpc) is 2.33. The fourth-order valence-electron chi connectivity index (χ4n) is 2.00. The first-order valence-electron chi connectivity index (χ1n) is 6.52. The maximum atomic E-state index is 5.89. The van der Waals surface area contributed by atoms with Crippen molar-refractivity contribution in [1.82, 2.24) is 4.98 Å². The summed E-state index contributed by atoms with van der Waals surface area (Å²) in [6.45, 7) is 7.56. The standard InChI is InChI=1S/C16H21NO/c1-16(2,3)9-5-11-18-15-7-4-6-13-12-17-10-8-14(13)15/h4,6-8,10,12H,5,9,11H2,1-3H3. The van der Waals surface area contributed by atoms with Gasteiger partial charge in [-0.1, -0.05) is 32.9 Å². The monoisotopic (exact) mass is 243 g/mol. The highest BCUT2D eigenvalue weighted by Gasteiger charge is 2.09. The summed E-state index contributed by atoms with van der Waals surface area (Å²) in [4.78, 5) is 4.13. The lowest BCUT2D eigenvalue weighted by molar-refractivity contribution is 0.271. The van der Waals surface area contributed by atoms with Crippen LogP contribution in [-0.4, -0.2) is 11.6 Å². The molecule has 0 bridgehead atoms. The second-order valence-electron chi connectivity index (χ2n) is 5.87. The lowest BCUT2D eigenvalue weighted by Crippen LogP contribution is -2.08. The van der Waals surface area contributed by atoms with E-state index in [1.165, 1.54) is 6.42 Å². The lowest BCUT2D eigenvalue weighted by atomic mass is 9.91. The molecule has 0 fully saturated rings. The largest absolute Gasteiger partial charge is 0.493 e. The van der Waals surface area contributed by atoms with Crippen LogP contribution in [0.15, 0.2) is 36.7 Å². The fraction of sp³-hybridized carbons (Fsp3) is 0.438. The van der Waals surface area contributed by atoms with Crippen LogP contribution >= 0.6 is 0 Å². The van der Waals surface area contributed by atoms with Gasteiger partial charge in [0.1, 0.15) is 5.75 Å². The summed E-state index contributed by atoms with van der Waals surface area (Å²) < 4.78 is 5.89. The molecule has 0 aliphatic carbocycles. The van der Waals surface area contributed by atoms with Gasteiger partial charge in [0.25, 0.3) is 0 Å². The number of nitrogens with zero attached hydrogens (tertiary/aromatic N) is 1. The first kappa shape index (κ1) is 12.9. The van der Waals surface area contributed by atoms with Gasteiger partial charge in [-0.2, -0.15) is 0 Å². The van der Waals surface area contributed by atoms with Crippen LogP contribution < -0.4 is 4.74 Å². The van der Waals surface area contributed by atoms with Gasteiger partial charge >= 0.3 is 0 Å². The Kier molecular flexibility index (Phi) is 3.85. The molecule has 0 unspecified atom stereocenters. The molecule has 2 rings (SSSR count). The molecule has 1 heterocycles. The highest BCUT2D eigenvalue weighted by molar-refractivity contribution is 5.87. The van der Waals surface area contributed by atoms with Gasteiger partial charge in [-0.3, -0.25) is 4.98 Å². The SMILES string of the molecule is CC(C)(C)CCCOc1cccc2cnccc12. The topological polar surface area (TPSA) is 22.1 Å². The molecule has 18 heavy (non-hydrogen) atoms. The summed E-state index contributed by atoms with van der Waals surface area (Å²) in [7, 11) is 0. The van der Waals surface area contributed by atoms with Gasteiger partial charge in [0.05, 0.1) is 6.61 Å². The van der Waals surface area contributed by atoms with Gasteiger partial charge in [0, 0.05) is 23.2 Å². The Morgan fingerprint density at radius 1 is 1.17 bits per heavy atom. The van der Waals surface area contributed by atoms with E-state index < -0.39 is 0 Å². The van der Waals surface area contributed by atoms with Crippen molar-refractivity contribution in [3.8, 4) is 5.75 Å². The smallest absolute Gasteiger partial charge is 0.127 e. The molecule has 2 nitrogen and oxygen atoms in total. The van der Waals surface area contributed by atoms with Crippen molar-refractivity contribution >= 4 is 10.8 Å². The van der Waals surface area contributed by atoms with E-state index in [9.17, 15) is 0 Å². The highest BCUT2D eigenvalue weighted by atomic mass is 16.5. The minimum Gasteiger partial charge on any atom is -0.493 e. The molecule has 0 radical (unpaired) electrons. The van der Waals surface area contributed by atoms with Crippen molar-refractivity contribution in [2.75, 3.05) is 6.61 Å². The number of hydrogen-bond acceptors (Lipinski definition) is 2. The van der Waals surface area contributed by atoms with Crippen LogP contribution in [0.1, 0.15) is 33.6 Å². The zero-order valence-electron chi connectivity index (χ0n) is 11.4. The Morgan fingerprint density at radius 3 is 2.78 bits per heavy atom. The van der Waals surface area contributed by atoms with Crippen LogP contribution in [0.3, 0.4) is 0 Å². The maximum absolute atomic E-state index is 5.89. The summed E-state index contributed by atoms with van der Waals surface area (Å²) in [6.07, 6.45) is 5.95. The number of fused-ring (bicyclic) bond motifs is 1. The Hall–Kier alpha value is -1.57. The van der Waals surface area contributed by atoms with Gasteiger partial charge in [-0.15, -0.1) is 0 Å². The predicted octanol–water partition coefficient (Wildman–Crippen LogP) is 4.44. The summed E-state index contributed by atoms with van der Waals surface area (Å²) in [5.41, 5.74) is 0.381. The summed E-state index contributed by atoms with van der Waals surface area (Å²) >= 11 is 0. The molecule has 0 spiro atoms. The van der Waals surface area contributed by atoms with Gasteiger partial charge in [0.15, 0.2) is 0 Å².